The number of aromatic nitrogens is 2. The second-order valence-electron chi connectivity index (χ2n) is 3.77. The maximum atomic E-state index is 8.83. The molecule has 94 valence electrons. The van der Waals surface area contributed by atoms with Crippen LogP contribution in [0.5, 0.6) is 0 Å². The van der Waals surface area contributed by atoms with Gasteiger partial charge in [0.05, 0.1) is 0 Å². The van der Waals surface area contributed by atoms with E-state index in [4.69, 9.17) is 22.1 Å². The van der Waals surface area contributed by atoms with Crippen LogP contribution in [0.1, 0.15) is 44.0 Å². The van der Waals surface area contributed by atoms with Gasteiger partial charge in [0.2, 0.25) is 0 Å². The Kier molecular flexibility index (Phi) is 5.90. The van der Waals surface area contributed by atoms with Crippen molar-refractivity contribution in [1.29, 1.82) is 10.5 Å². The number of hydrogen-bond donors (Lipinski definition) is 1. The Morgan fingerprint density at radius 2 is 1.78 bits per heavy atom. The first kappa shape index (κ1) is 14.2. The molecule has 1 heterocycles. The first-order valence-electron chi connectivity index (χ1n) is 5.84. The van der Waals surface area contributed by atoms with Gasteiger partial charge in [0.25, 0.3) is 0 Å². The zero-order valence-electron chi connectivity index (χ0n) is 10.2. The van der Waals surface area contributed by atoms with Gasteiger partial charge in [-0.05, 0) is 6.42 Å². The first-order chi connectivity index (χ1) is 8.72. The smallest absolute Gasteiger partial charge is 0.179 e. The van der Waals surface area contributed by atoms with Gasteiger partial charge in [-0.2, -0.15) is 10.5 Å². The molecule has 0 aliphatic heterocycles. The highest BCUT2D eigenvalue weighted by Gasteiger charge is 2.11. The third kappa shape index (κ3) is 3.87. The Morgan fingerprint density at radius 1 is 1.11 bits per heavy atom. The Labute approximate surface area is 111 Å². The highest BCUT2D eigenvalue weighted by Crippen LogP contribution is 2.18. The highest BCUT2D eigenvalue weighted by molar-refractivity contribution is 6.31. The summed E-state index contributed by atoms with van der Waals surface area (Å²) in [5.74, 6) is 0.365. The largest absolute Gasteiger partial charge is 0.367 e. The number of rotatable bonds is 6. The molecule has 18 heavy (non-hydrogen) atoms. The van der Waals surface area contributed by atoms with Crippen LogP contribution in [0.4, 0.5) is 5.82 Å². The lowest BCUT2D eigenvalue weighted by molar-refractivity contribution is 0.684. The van der Waals surface area contributed by atoms with Crippen LogP contribution in [-0.4, -0.2) is 16.5 Å². The number of hydrogen-bond acceptors (Lipinski definition) is 5. The molecule has 0 saturated heterocycles. The zero-order valence-corrected chi connectivity index (χ0v) is 11.0. The molecule has 0 amide bonds. The van der Waals surface area contributed by atoms with Crippen molar-refractivity contribution < 1.29 is 0 Å². The molecule has 0 atom stereocenters. The molecule has 1 aromatic heterocycles. The lowest BCUT2D eigenvalue weighted by Crippen LogP contribution is -2.07. The first-order valence-corrected chi connectivity index (χ1v) is 6.22. The molecule has 1 N–H and O–H groups in total. The van der Waals surface area contributed by atoms with Crippen molar-refractivity contribution in [1.82, 2.24) is 9.97 Å². The predicted octanol–water partition coefficient (Wildman–Crippen LogP) is 2.87. The molecule has 0 aliphatic carbocycles. The Bertz CT molecular complexity index is 486. The van der Waals surface area contributed by atoms with Crippen LogP contribution in [0.15, 0.2) is 0 Å². The van der Waals surface area contributed by atoms with E-state index in [1.165, 1.54) is 12.8 Å². The van der Waals surface area contributed by atoms with Crippen molar-refractivity contribution in [3.8, 4) is 12.1 Å². The molecule has 0 fully saturated rings. The molecule has 0 bridgehead atoms. The van der Waals surface area contributed by atoms with Crippen LogP contribution in [0.2, 0.25) is 5.15 Å². The number of nitrogens with one attached hydrogen (secondary N) is 1. The van der Waals surface area contributed by atoms with Gasteiger partial charge in [0.15, 0.2) is 22.4 Å². The van der Waals surface area contributed by atoms with E-state index in [0.29, 0.717) is 5.82 Å². The molecule has 5 nitrogen and oxygen atoms in total. The van der Waals surface area contributed by atoms with Gasteiger partial charge in [-0.25, -0.2) is 9.97 Å². The molecule has 0 aliphatic rings. The summed E-state index contributed by atoms with van der Waals surface area (Å²) < 4.78 is 0. The van der Waals surface area contributed by atoms with Crippen molar-refractivity contribution >= 4 is 17.4 Å². The molecule has 0 spiro atoms. The fourth-order valence-corrected chi connectivity index (χ4v) is 1.64. The molecule has 0 aromatic carbocycles. The third-order valence-electron chi connectivity index (χ3n) is 2.39. The van der Waals surface area contributed by atoms with Gasteiger partial charge in [-0.1, -0.05) is 37.8 Å². The number of unbranched alkanes of at least 4 members (excludes halogenated alkanes) is 3. The summed E-state index contributed by atoms with van der Waals surface area (Å²) in [6, 6.07) is 3.62. The number of nitriles is 2. The van der Waals surface area contributed by atoms with E-state index in [1.54, 1.807) is 6.07 Å². The molecule has 0 radical (unpaired) electrons. The normalized spacial score (nSPS) is 9.56. The van der Waals surface area contributed by atoms with E-state index in [9.17, 15) is 0 Å². The summed E-state index contributed by atoms with van der Waals surface area (Å²) in [7, 11) is 0. The molecule has 6 heteroatoms. The van der Waals surface area contributed by atoms with Gasteiger partial charge >= 0.3 is 0 Å². The van der Waals surface area contributed by atoms with Gasteiger partial charge in [-0.3, -0.25) is 0 Å². The fraction of sp³-hybridized carbons (Fsp3) is 0.500. The highest BCUT2D eigenvalue weighted by atomic mass is 35.5. The lowest BCUT2D eigenvalue weighted by Gasteiger charge is -2.07. The van der Waals surface area contributed by atoms with Crippen LogP contribution < -0.4 is 5.32 Å². The van der Waals surface area contributed by atoms with E-state index in [-0.39, 0.29) is 16.5 Å². The van der Waals surface area contributed by atoms with Gasteiger partial charge in [-0.15, -0.1) is 0 Å². The van der Waals surface area contributed by atoms with E-state index >= 15 is 0 Å². The predicted molar refractivity (Wildman–Crippen MR) is 69.1 cm³/mol. The van der Waals surface area contributed by atoms with Crippen molar-refractivity contribution in [2.75, 3.05) is 11.9 Å². The summed E-state index contributed by atoms with van der Waals surface area (Å²) in [5.41, 5.74) is -0.0445. The summed E-state index contributed by atoms with van der Waals surface area (Å²) >= 11 is 5.88. The molecular weight excluding hydrogens is 250 g/mol. The van der Waals surface area contributed by atoms with Crippen LogP contribution in [0, 0.1) is 22.7 Å². The summed E-state index contributed by atoms with van der Waals surface area (Å²) in [6.45, 7) is 2.88. The average Bonchev–Trinajstić information content (AvgIpc) is 2.39. The van der Waals surface area contributed by atoms with Crippen molar-refractivity contribution in [3.05, 3.63) is 16.5 Å². The molecule has 0 unspecified atom stereocenters. The van der Waals surface area contributed by atoms with Crippen LogP contribution >= 0.6 is 11.6 Å². The van der Waals surface area contributed by atoms with E-state index in [0.717, 1.165) is 19.4 Å². The SMILES string of the molecule is CCCCCCNc1nc(C#N)c(C#N)nc1Cl. The van der Waals surface area contributed by atoms with Crippen LogP contribution in [0.3, 0.4) is 0 Å². The van der Waals surface area contributed by atoms with Gasteiger partial charge in [0, 0.05) is 6.54 Å². The molecular formula is C12H14ClN5. The monoisotopic (exact) mass is 263 g/mol. The Balaban J connectivity index is 2.67. The number of halogens is 1. The maximum Gasteiger partial charge on any atom is 0.179 e. The van der Waals surface area contributed by atoms with Crippen LogP contribution in [0.25, 0.3) is 0 Å². The lowest BCUT2D eigenvalue weighted by atomic mass is 10.2. The Hall–Kier alpha value is -1.85. The third-order valence-corrected chi connectivity index (χ3v) is 2.65. The second-order valence-corrected chi connectivity index (χ2v) is 4.13. The Morgan fingerprint density at radius 3 is 2.39 bits per heavy atom. The number of nitrogens with zero attached hydrogens (tertiary/aromatic N) is 4. The van der Waals surface area contributed by atoms with Crippen LogP contribution in [-0.2, 0) is 0 Å². The van der Waals surface area contributed by atoms with Crippen molar-refractivity contribution in [2.45, 2.75) is 32.6 Å². The molecule has 1 aromatic rings. The minimum Gasteiger partial charge on any atom is -0.367 e. The minimum atomic E-state index is -0.0426. The average molecular weight is 264 g/mol. The van der Waals surface area contributed by atoms with E-state index < -0.39 is 0 Å². The summed E-state index contributed by atoms with van der Waals surface area (Å²) in [6.07, 6.45) is 4.51. The molecule has 1 rings (SSSR count). The van der Waals surface area contributed by atoms with Gasteiger partial charge in [0.1, 0.15) is 12.1 Å². The fourth-order valence-electron chi connectivity index (χ4n) is 1.44. The maximum absolute atomic E-state index is 8.83. The standard InChI is InChI=1S/C12H14ClN5/c1-2-3-4-5-6-16-12-11(13)17-9(7-14)10(8-15)18-12/h2-6H2,1H3,(H,16,18). The quantitative estimate of drug-likeness (QED) is 0.798. The molecule has 0 saturated carbocycles. The minimum absolute atomic E-state index is 0.00189. The van der Waals surface area contributed by atoms with E-state index in [2.05, 4.69) is 22.2 Å². The number of anilines is 1. The second kappa shape index (κ2) is 7.47. The van der Waals surface area contributed by atoms with Gasteiger partial charge < -0.3 is 5.32 Å². The summed E-state index contributed by atoms with van der Waals surface area (Å²) in [5, 5.41) is 20.7. The zero-order chi connectivity index (χ0) is 13.4. The topological polar surface area (TPSA) is 85.4 Å². The summed E-state index contributed by atoms with van der Waals surface area (Å²) in [4.78, 5) is 7.82. The van der Waals surface area contributed by atoms with Crippen molar-refractivity contribution in [3.63, 3.8) is 0 Å². The van der Waals surface area contributed by atoms with E-state index in [1.807, 2.05) is 6.07 Å². The van der Waals surface area contributed by atoms with Crippen molar-refractivity contribution in [2.24, 2.45) is 0 Å².